The predicted octanol–water partition coefficient (Wildman–Crippen LogP) is 4.62. The molecule has 0 spiro atoms. The molecule has 0 atom stereocenters. The third-order valence-corrected chi connectivity index (χ3v) is 2.46. The molecule has 0 bridgehead atoms. The van der Waals surface area contributed by atoms with Crippen LogP contribution in [0.15, 0.2) is 24.5 Å². The zero-order valence-corrected chi connectivity index (χ0v) is 11.4. The Morgan fingerprint density at radius 2 is 1.82 bits per heavy atom. The molecule has 2 heteroatoms. The van der Waals surface area contributed by atoms with Gasteiger partial charge in [0.1, 0.15) is 0 Å². The normalized spacial score (nSPS) is 11.8. The minimum absolute atomic E-state index is 0.0674. The number of allylic oxidation sites excluding steroid dienone is 3. The number of ether oxygens (including phenoxy) is 1. The summed E-state index contributed by atoms with van der Waals surface area (Å²) in [7, 11) is 0. The lowest BCUT2D eigenvalue weighted by Gasteiger charge is -1.99. The number of rotatable bonds is 9. The topological polar surface area (TPSA) is 26.3 Å². The highest BCUT2D eigenvalue weighted by Crippen LogP contribution is 2.05. The van der Waals surface area contributed by atoms with Crippen LogP contribution in [-0.4, -0.2) is 5.97 Å². The first-order valence-electron chi connectivity index (χ1n) is 6.70. The highest BCUT2D eigenvalue weighted by molar-refractivity contribution is 5.72. The molecule has 0 radical (unpaired) electrons. The molecule has 0 amide bonds. The van der Waals surface area contributed by atoms with E-state index in [2.05, 4.69) is 13.0 Å². The van der Waals surface area contributed by atoms with Crippen LogP contribution in [0.4, 0.5) is 0 Å². The van der Waals surface area contributed by atoms with E-state index in [4.69, 9.17) is 4.74 Å². The van der Waals surface area contributed by atoms with E-state index in [1.54, 1.807) is 6.08 Å². The Morgan fingerprint density at radius 1 is 1.12 bits per heavy atom. The van der Waals surface area contributed by atoms with Crippen molar-refractivity contribution in [2.45, 2.75) is 59.3 Å². The zero-order valence-electron chi connectivity index (χ0n) is 11.4. The van der Waals surface area contributed by atoms with E-state index in [9.17, 15) is 4.79 Å². The van der Waals surface area contributed by atoms with Gasteiger partial charge in [0.2, 0.25) is 0 Å². The second kappa shape index (κ2) is 11.4. The highest BCUT2D eigenvalue weighted by atomic mass is 16.5. The van der Waals surface area contributed by atoms with Crippen molar-refractivity contribution in [2.75, 3.05) is 0 Å². The first-order valence-corrected chi connectivity index (χ1v) is 6.70. The van der Waals surface area contributed by atoms with Gasteiger partial charge < -0.3 is 4.74 Å². The number of esters is 1. The lowest BCUT2D eigenvalue weighted by atomic mass is 10.1. The van der Waals surface area contributed by atoms with Crippen molar-refractivity contribution in [2.24, 2.45) is 5.92 Å². The summed E-state index contributed by atoms with van der Waals surface area (Å²) in [6.07, 6.45) is 14.9. The molecule has 2 nitrogen and oxygen atoms in total. The molecule has 0 unspecified atom stereocenters. The highest BCUT2D eigenvalue weighted by Gasteiger charge is 2.04. The van der Waals surface area contributed by atoms with Crippen molar-refractivity contribution < 1.29 is 9.53 Å². The molecular weight excluding hydrogens is 212 g/mol. The Labute approximate surface area is 106 Å². The van der Waals surface area contributed by atoms with Gasteiger partial charge in [0.15, 0.2) is 0 Å². The molecule has 0 aromatic heterocycles. The summed E-state index contributed by atoms with van der Waals surface area (Å²) in [5, 5.41) is 0. The molecule has 0 aromatic carbocycles. The summed E-state index contributed by atoms with van der Waals surface area (Å²) in [6, 6.07) is 0. The van der Waals surface area contributed by atoms with Crippen molar-refractivity contribution in [1.82, 2.24) is 0 Å². The lowest BCUT2D eigenvalue weighted by Crippen LogP contribution is -2.07. The molecule has 0 aromatic rings. The van der Waals surface area contributed by atoms with E-state index in [0.29, 0.717) is 0 Å². The molecular formula is C15H26O2. The fourth-order valence-electron chi connectivity index (χ4n) is 1.33. The van der Waals surface area contributed by atoms with Crippen molar-refractivity contribution >= 4 is 5.97 Å². The number of hydrogen-bond acceptors (Lipinski definition) is 2. The number of carbonyl (C=O) groups excluding carboxylic acids is 1. The summed E-state index contributed by atoms with van der Waals surface area (Å²) < 4.78 is 4.89. The molecule has 17 heavy (non-hydrogen) atoms. The van der Waals surface area contributed by atoms with E-state index in [1.165, 1.54) is 38.4 Å². The SMILES string of the molecule is CCCCCCCC=CC=COC(=O)C(C)C. The molecule has 98 valence electrons. The second-order valence-corrected chi connectivity index (χ2v) is 4.55. The van der Waals surface area contributed by atoms with Crippen LogP contribution in [0.25, 0.3) is 0 Å². The van der Waals surface area contributed by atoms with E-state index < -0.39 is 0 Å². The minimum atomic E-state index is -0.186. The third kappa shape index (κ3) is 11.2. The third-order valence-electron chi connectivity index (χ3n) is 2.46. The van der Waals surface area contributed by atoms with Gasteiger partial charge in [0.05, 0.1) is 12.2 Å². The number of unbranched alkanes of at least 4 members (excludes halogenated alkanes) is 5. The molecule has 0 aliphatic carbocycles. The summed E-state index contributed by atoms with van der Waals surface area (Å²) in [6.45, 7) is 5.87. The molecule has 0 aliphatic heterocycles. The summed E-state index contributed by atoms with van der Waals surface area (Å²) in [5.74, 6) is -0.253. The van der Waals surface area contributed by atoms with Crippen LogP contribution < -0.4 is 0 Å². The Hall–Kier alpha value is -1.05. The van der Waals surface area contributed by atoms with E-state index in [1.807, 2.05) is 19.9 Å². The van der Waals surface area contributed by atoms with Crippen LogP contribution in [0, 0.1) is 5.92 Å². The van der Waals surface area contributed by atoms with Crippen molar-refractivity contribution in [3.63, 3.8) is 0 Å². The number of carbonyl (C=O) groups is 1. The average molecular weight is 238 g/mol. The van der Waals surface area contributed by atoms with E-state index in [0.717, 1.165) is 6.42 Å². The van der Waals surface area contributed by atoms with Crippen LogP contribution in [0.1, 0.15) is 59.3 Å². The molecule has 0 saturated carbocycles. The largest absolute Gasteiger partial charge is 0.434 e. The van der Waals surface area contributed by atoms with Crippen LogP contribution in [0.2, 0.25) is 0 Å². The average Bonchev–Trinajstić information content (AvgIpc) is 2.31. The fourth-order valence-corrected chi connectivity index (χ4v) is 1.33. The van der Waals surface area contributed by atoms with Crippen molar-refractivity contribution in [1.29, 1.82) is 0 Å². The molecule has 0 rings (SSSR count). The van der Waals surface area contributed by atoms with Gasteiger partial charge in [0.25, 0.3) is 0 Å². The number of hydrogen-bond donors (Lipinski definition) is 0. The fraction of sp³-hybridized carbons (Fsp3) is 0.667. The molecule has 0 aliphatic rings. The summed E-state index contributed by atoms with van der Waals surface area (Å²) >= 11 is 0. The van der Waals surface area contributed by atoms with E-state index in [-0.39, 0.29) is 11.9 Å². The van der Waals surface area contributed by atoms with Crippen LogP contribution in [-0.2, 0) is 9.53 Å². The maximum absolute atomic E-state index is 11.1. The monoisotopic (exact) mass is 238 g/mol. The lowest BCUT2D eigenvalue weighted by molar-refractivity contribution is -0.141. The zero-order chi connectivity index (χ0) is 12.9. The minimum Gasteiger partial charge on any atom is -0.434 e. The van der Waals surface area contributed by atoms with Gasteiger partial charge in [-0.25, -0.2) is 0 Å². The van der Waals surface area contributed by atoms with E-state index >= 15 is 0 Å². The Bertz CT molecular complexity index is 239. The van der Waals surface area contributed by atoms with Crippen molar-refractivity contribution in [3.8, 4) is 0 Å². The van der Waals surface area contributed by atoms with Gasteiger partial charge in [-0.15, -0.1) is 0 Å². The Balaban J connectivity index is 3.41. The Morgan fingerprint density at radius 3 is 2.47 bits per heavy atom. The maximum atomic E-state index is 11.1. The van der Waals surface area contributed by atoms with Gasteiger partial charge in [0, 0.05) is 0 Å². The first kappa shape index (κ1) is 16.0. The van der Waals surface area contributed by atoms with Gasteiger partial charge in [-0.1, -0.05) is 58.6 Å². The van der Waals surface area contributed by atoms with Crippen LogP contribution in [0.3, 0.4) is 0 Å². The first-order chi connectivity index (χ1) is 8.18. The predicted molar refractivity (Wildman–Crippen MR) is 72.6 cm³/mol. The van der Waals surface area contributed by atoms with Gasteiger partial charge in [-0.05, 0) is 18.9 Å². The summed E-state index contributed by atoms with van der Waals surface area (Å²) in [5.41, 5.74) is 0. The molecule has 0 saturated heterocycles. The van der Waals surface area contributed by atoms with Crippen LogP contribution in [0.5, 0.6) is 0 Å². The Kier molecular flexibility index (Phi) is 10.7. The second-order valence-electron chi connectivity index (χ2n) is 4.55. The molecule has 0 fully saturated rings. The van der Waals surface area contributed by atoms with Gasteiger partial charge >= 0.3 is 5.97 Å². The van der Waals surface area contributed by atoms with Gasteiger partial charge in [-0.3, -0.25) is 4.79 Å². The quantitative estimate of drug-likeness (QED) is 0.254. The smallest absolute Gasteiger partial charge is 0.313 e. The van der Waals surface area contributed by atoms with Gasteiger partial charge in [-0.2, -0.15) is 0 Å². The molecule has 0 N–H and O–H groups in total. The maximum Gasteiger partial charge on any atom is 0.313 e. The summed E-state index contributed by atoms with van der Waals surface area (Å²) in [4.78, 5) is 11.1. The van der Waals surface area contributed by atoms with Crippen LogP contribution >= 0.6 is 0 Å². The molecule has 0 heterocycles. The standard InChI is InChI=1S/C15H26O2/c1-4-5-6-7-8-9-10-11-12-13-17-15(16)14(2)3/h10-14H,4-9H2,1-3H3. The van der Waals surface area contributed by atoms with Crippen molar-refractivity contribution in [3.05, 3.63) is 24.5 Å².